The highest BCUT2D eigenvalue weighted by Crippen LogP contribution is 2.37. The van der Waals surface area contributed by atoms with Crippen LogP contribution in [0.4, 0.5) is 4.79 Å². The van der Waals surface area contributed by atoms with E-state index < -0.39 is 5.54 Å². The van der Waals surface area contributed by atoms with Crippen LogP contribution in [0.3, 0.4) is 0 Å². The highest BCUT2D eigenvalue weighted by molar-refractivity contribution is 7.10. The van der Waals surface area contributed by atoms with Gasteiger partial charge in [-0.3, -0.25) is 9.69 Å². The molecule has 0 bridgehead atoms. The van der Waals surface area contributed by atoms with Gasteiger partial charge in [-0.15, -0.1) is 11.3 Å². The second-order valence-electron chi connectivity index (χ2n) is 7.94. The number of imide groups is 1. The van der Waals surface area contributed by atoms with Crippen molar-refractivity contribution in [3.05, 3.63) is 70.4 Å². The van der Waals surface area contributed by atoms with E-state index in [1.807, 2.05) is 49.4 Å². The number of hydrogen-bond acceptors (Lipinski definition) is 4. The molecule has 2 aromatic carbocycles. The molecule has 3 heterocycles. The number of amides is 3. The first-order valence-electron chi connectivity index (χ1n) is 9.98. The zero-order chi connectivity index (χ0) is 20.0. The molecule has 3 amide bonds. The topological polar surface area (TPSA) is 52.7 Å². The van der Waals surface area contributed by atoms with Gasteiger partial charge < -0.3 is 5.32 Å². The maximum atomic E-state index is 13.5. The molecule has 1 N–H and O–H groups in total. The molecule has 0 spiro atoms. The largest absolute Gasteiger partial charge is 0.326 e. The Balaban J connectivity index is 1.45. The van der Waals surface area contributed by atoms with Crippen LogP contribution in [0.1, 0.15) is 36.2 Å². The van der Waals surface area contributed by atoms with Gasteiger partial charge in [0.15, 0.2) is 0 Å². The molecule has 6 heteroatoms. The van der Waals surface area contributed by atoms with Crippen LogP contribution in [0, 0.1) is 0 Å². The molecule has 1 aromatic heterocycles. The van der Waals surface area contributed by atoms with E-state index in [4.69, 9.17) is 0 Å². The molecule has 2 fully saturated rings. The number of thiophene rings is 1. The average molecular weight is 406 g/mol. The minimum absolute atomic E-state index is 0.185. The Morgan fingerprint density at radius 2 is 1.93 bits per heavy atom. The van der Waals surface area contributed by atoms with Crippen LogP contribution in [0.25, 0.3) is 10.8 Å². The molecule has 2 aliphatic heterocycles. The van der Waals surface area contributed by atoms with Crippen molar-refractivity contribution in [2.45, 2.75) is 31.3 Å². The predicted molar refractivity (Wildman–Crippen MR) is 115 cm³/mol. The number of fused-ring (bicyclic) bond motifs is 1. The molecule has 0 saturated carbocycles. The molecule has 0 radical (unpaired) electrons. The van der Waals surface area contributed by atoms with E-state index >= 15 is 0 Å². The second-order valence-corrected chi connectivity index (χ2v) is 8.92. The summed E-state index contributed by atoms with van der Waals surface area (Å²) in [5.41, 5.74) is -0.219. The first-order valence-corrected chi connectivity index (χ1v) is 10.9. The maximum Gasteiger partial charge on any atom is 0.326 e. The molecule has 2 atom stereocenters. The summed E-state index contributed by atoms with van der Waals surface area (Å²) in [6, 6.07) is 18.0. The number of hydrogen-bond donors (Lipinski definition) is 1. The van der Waals surface area contributed by atoms with Crippen molar-refractivity contribution in [3.63, 3.8) is 0 Å². The van der Waals surface area contributed by atoms with Crippen molar-refractivity contribution in [2.75, 3.05) is 13.2 Å². The Morgan fingerprint density at radius 3 is 2.76 bits per heavy atom. The maximum absolute atomic E-state index is 13.5. The van der Waals surface area contributed by atoms with E-state index in [2.05, 4.69) is 27.7 Å². The molecule has 2 aliphatic rings. The van der Waals surface area contributed by atoms with Crippen LogP contribution in [0.2, 0.25) is 0 Å². The minimum atomic E-state index is -1.06. The summed E-state index contributed by atoms with van der Waals surface area (Å²) in [5.74, 6) is -0.185. The number of nitrogens with one attached hydrogen (secondary N) is 1. The molecule has 5 nitrogen and oxygen atoms in total. The fourth-order valence-electron chi connectivity index (χ4n) is 4.65. The van der Waals surface area contributed by atoms with Crippen LogP contribution >= 0.6 is 11.3 Å². The summed E-state index contributed by atoms with van der Waals surface area (Å²) in [4.78, 5) is 31.3. The second kappa shape index (κ2) is 6.97. The van der Waals surface area contributed by atoms with Gasteiger partial charge in [-0.25, -0.2) is 9.69 Å². The predicted octanol–water partition coefficient (Wildman–Crippen LogP) is 4.46. The van der Waals surface area contributed by atoms with E-state index in [0.29, 0.717) is 6.67 Å². The molecule has 29 heavy (non-hydrogen) atoms. The van der Waals surface area contributed by atoms with Crippen molar-refractivity contribution in [2.24, 2.45) is 0 Å². The molecule has 148 valence electrons. The Hall–Kier alpha value is -2.70. The zero-order valence-corrected chi connectivity index (χ0v) is 17.1. The van der Waals surface area contributed by atoms with Gasteiger partial charge in [0.2, 0.25) is 0 Å². The fraction of sp³-hybridized carbons (Fsp3) is 0.304. The van der Waals surface area contributed by atoms with Crippen LogP contribution in [0.5, 0.6) is 0 Å². The van der Waals surface area contributed by atoms with Gasteiger partial charge in [0.05, 0.1) is 6.67 Å². The van der Waals surface area contributed by atoms with Gasteiger partial charge in [0, 0.05) is 17.5 Å². The third-order valence-corrected chi connectivity index (χ3v) is 7.14. The van der Waals surface area contributed by atoms with E-state index in [1.165, 1.54) is 9.78 Å². The molecule has 3 aromatic rings. The summed E-state index contributed by atoms with van der Waals surface area (Å²) in [5, 5.41) is 7.11. The van der Waals surface area contributed by atoms with Crippen molar-refractivity contribution in [3.8, 4) is 0 Å². The number of carbonyl (C=O) groups excluding carboxylic acids is 2. The number of carbonyl (C=O) groups is 2. The Morgan fingerprint density at radius 1 is 1.10 bits per heavy atom. The third-order valence-electron chi connectivity index (χ3n) is 6.16. The van der Waals surface area contributed by atoms with Crippen LogP contribution in [-0.2, 0) is 10.3 Å². The molecular formula is C23H23N3O2S. The first kappa shape index (κ1) is 18.3. The monoisotopic (exact) mass is 405 g/mol. The fourth-order valence-corrected chi connectivity index (χ4v) is 5.54. The summed E-state index contributed by atoms with van der Waals surface area (Å²) >= 11 is 1.74. The lowest BCUT2D eigenvalue weighted by atomic mass is 9.88. The lowest BCUT2D eigenvalue weighted by Crippen LogP contribution is -2.43. The Kier molecular flexibility index (Phi) is 4.41. The van der Waals surface area contributed by atoms with E-state index in [-0.39, 0.29) is 18.0 Å². The Bertz CT molecular complexity index is 1080. The zero-order valence-electron chi connectivity index (χ0n) is 16.3. The number of urea groups is 1. The average Bonchev–Trinajstić information content (AvgIpc) is 3.45. The molecule has 5 rings (SSSR count). The molecule has 0 unspecified atom stereocenters. The van der Waals surface area contributed by atoms with E-state index in [1.54, 1.807) is 11.3 Å². The number of rotatable bonds is 4. The summed E-state index contributed by atoms with van der Waals surface area (Å²) in [6.07, 6.45) is 2.14. The van der Waals surface area contributed by atoms with E-state index in [0.717, 1.165) is 35.7 Å². The van der Waals surface area contributed by atoms with Crippen LogP contribution < -0.4 is 5.32 Å². The molecular weight excluding hydrogens is 382 g/mol. The van der Waals surface area contributed by atoms with Crippen LogP contribution in [-0.4, -0.2) is 35.0 Å². The third kappa shape index (κ3) is 2.94. The SMILES string of the molecule is C[C@]1(c2cccc3ccccc23)NC(=O)N(CN2CCC[C@H]2c2cccs2)C1=O. The Labute approximate surface area is 173 Å². The highest BCUT2D eigenvalue weighted by Gasteiger charge is 2.50. The van der Waals surface area contributed by atoms with Gasteiger partial charge in [-0.05, 0) is 47.5 Å². The minimum Gasteiger partial charge on any atom is -0.319 e. The number of benzene rings is 2. The quantitative estimate of drug-likeness (QED) is 0.652. The number of nitrogens with zero attached hydrogens (tertiary/aromatic N) is 2. The normalized spacial score (nSPS) is 25.1. The lowest BCUT2D eigenvalue weighted by molar-refractivity contribution is -0.132. The van der Waals surface area contributed by atoms with Crippen molar-refractivity contribution in [1.29, 1.82) is 0 Å². The van der Waals surface area contributed by atoms with Crippen molar-refractivity contribution in [1.82, 2.24) is 15.1 Å². The standard InChI is InChI=1S/C23H23N3O2S/c1-23(18-10-4-8-16-7-2-3-9-17(16)18)21(27)26(22(28)24-23)15-25-13-5-11-19(25)20-12-6-14-29-20/h2-4,6-10,12,14,19H,5,11,13,15H2,1H3,(H,24,28)/t19-,23+/m0/s1. The summed E-state index contributed by atoms with van der Waals surface area (Å²) < 4.78 is 0. The number of likely N-dealkylation sites (tertiary alicyclic amines) is 1. The smallest absolute Gasteiger partial charge is 0.319 e. The first-order chi connectivity index (χ1) is 14.1. The van der Waals surface area contributed by atoms with Crippen LogP contribution in [0.15, 0.2) is 60.0 Å². The van der Waals surface area contributed by atoms with E-state index in [9.17, 15) is 9.59 Å². The van der Waals surface area contributed by atoms with Gasteiger partial charge in [-0.1, -0.05) is 48.5 Å². The van der Waals surface area contributed by atoms with Gasteiger partial charge in [0.1, 0.15) is 5.54 Å². The van der Waals surface area contributed by atoms with Gasteiger partial charge >= 0.3 is 6.03 Å². The van der Waals surface area contributed by atoms with Gasteiger partial charge in [0.25, 0.3) is 5.91 Å². The van der Waals surface area contributed by atoms with Gasteiger partial charge in [-0.2, -0.15) is 0 Å². The molecule has 0 aliphatic carbocycles. The summed E-state index contributed by atoms with van der Waals surface area (Å²) in [6.45, 7) is 3.04. The lowest BCUT2D eigenvalue weighted by Gasteiger charge is -2.28. The summed E-state index contributed by atoms with van der Waals surface area (Å²) in [7, 11) is 0. The highest BCUT2D eigenvalue weighted by atomic mass is 32.1. The molecule has 2 saturated heterocycles. The van der Waals surface area contributed by atoms with Crippen molar-refractivity contribution < 1.29 is 9.59 Å². The van der Waals surface area contributed by atoms with Crippen molar-refractivity contribution >= 4 is 34.0 Å².